The quantitative estimate of drug-likeness (QED) is 0.508. The number of carboxylic acids is 1. The molecule has 2 N–H and O–H groups in total. The monoisotopic (exact) mass is 480 g/mol. The number of aryl methyl sites for hydroxylation is 1. The highest BCUT2D eigenvalue weighted by atomic mass is 19.4. The van der Waals surface area contributed by atoms with Crippen molar-refractivity contribution in [1.29, 1.82) is 0 Å². The van der Waals surface area contributed by atoms with E-state index in [2.05, 4.69) is 5.32 Å². The number of likely N-dealkylation sites (tertiary alicyclic amines) is 1. The number of benzene rings is 2. The van der Waals surface area contributed by atoms with E-state index in [0.717, 1.165) is 18.6 Å². The molecule has 184 valence electrons. The molecule has 1 aliphatic rings. The fourth-order valence-electron chi connectivity index (χ4n) is 4.41. The first kappa shape index (κ1) is 25.7. The number of halogens is 4. The molecule has 1 heterocycles. The van der Waals surface area contributed by atoms with E-state index in [1.54, 1.807) is 0 Å². The summed E-state index contributed by atoms with van der Waals surface area (Å²) < 4.78 is 55.4. The first-order valence-corrected chi connectivity index (χ1v) is 11.2. The molecule has 1 aliphatic heterocycles. The van der Waals surface area contributed by atoms with Crippen molar-refractivity contribution in [3.63, 3.8) is 0 Å². The largest absolute Gasteiger partial charge is 0.481 e. The maximum absolute atomic E-state index is 14.3. The number of carbonyl (C=O) groups is 2. The Morgan fingerprint density at radius 3 is 2.35 bits per heavy atom. The fourth-order valence-corrected chi connectivity index (χ4v) is 4.41. The summed E-state index contributed by atoms with van der Waals surface area (Å²) >= 11 is 0. The summed E-state index contributed by atoms with van der Waals surface area (Å²) in [6.07, 6.45) is -3.48. The van der Waals surface area contributed by atoms with E-state index in [4.69, 9.17) is 5.11 Å². The lowest BCUT2D eigenvalue weighted by atomic mass is 9.87. The van der Waals surface area contributed by atoms with Gasteiger partial charge in [-0.3, -0.25) is 14.5 Å². The first-order chi connectivity index (χ1) is 16.1. The molecule has 1 amide bonds. The molecule has 34 heavy (non-hydrogen) atoms. The molecule has 0 radical (unpaired) electrons. The minimum atomic E-state index is -4.61. The lowest BCUT2D eigenvalue weighted by Crippen LogP contribution is -2.54. The number of hydrogen-bond donors (Lipinski definition) is 2. The summed E-state index contributed by atoms with van der Waals surface area (Å²) in [5.41, 5.74) is 1.32. The lowest BCUT2D eigenvalue weighted by molar-refractivity contribution is -0.189. The predicted octanol–water partition coefficient (Wildman–Crippen LogP) is 5.23. The molecule has 5 nitrogen and oxygen atoms in total. The van der Waals surface area contributed by atoms with Crippen LogP contribution in [0.4, 0.5) is 23.2 Å². The third kappa shape index (κ3) is 6.56. The van der Waals surface area contributed by atoms with Crippen molar-refractivity contribution in [2.75, 3.05) is 18.4 Å². The summed E-state index contributed by atoms with van der Waals surface area (Å²) in [6.45, 7) is 1.57. The van der Waals surface area contributed by atoms with Crippen LogP contribution < -0.4 is 5.32 Å². The third-order valence-electron chi connectivity index (χ3n) is 6.37. The van der Waals surface area contributed by atoms with Crippen molar-refractivity contribution in [3.8, 4) is 0 Å². The van der Waals surface area contributed by atoms with Crippen LogP contribution in [0.2, 0.25) is 0 Å². The Balaban J connectivity index is 1.77. The maximum Gasteiger partial charge on any atom is 0.393 e. The van der Waals surface area contributed by atoms with E-state index in [-0.39, 0.29) is 24.4 Å². The summed E-state index contributed by atoms with van der Waals surface area (Å²) in [6, 6.07) is 11.9. The van der Waals surface area contributed by atoms with E-state index in [1.165, 1.54) is 17.0 Å². The average Bonchev–Trinajstić information content (AvgIpc) is 2.80. The summed E-state index contributed by atoms with van der Waals surface area (Å²) in [5, 5.41) is 11.2. The van der Waals surface area contributed by atoms with E-state index in [0.29, 0.717) is 31.5 Å². The van der Waals surface area contributed by atoms with Crippen LogP contribution in [0.3, 0.4) is 0 Å². The molecular formula is C25H28F4N2O3. The molecule has 0 aliphatic carbocycles. The number of hydrogen-bond acceptors (Lipinski definition) is 3. The van der Waals surface area contributed by atoms with E-state index in [1.807, 2.05) is 30.3 Å². The number of carboxylic acid groups (broad SMARTS) is 1. The SMILES string of the molecule is C[C@H]([C@H](C(=O)Nc1cc(CCC(=O)O)ccc1F)N1CCC(c2ccccc2)CC1)C(F)(F)F. The zero-order valence-corrected chi connectivity index (χ0v) is 18.8. The summed E-state index contributed by atoms with van der Waals surface area (Å²) in [7, 11) is 0. The normalized spacial score (nSPS) is 17.2. The standard InChI is InChI=1S/C25H28F4N2O3/c1-16(25(27,28)29)23(31-13-11-19(12-14-31)18-5-3-2-4-6-18)24(34)30-21-15-17(7-9-20(21)26)8-10-22(32)33/h2-7,9,15-16,19,23H,8,10-14H2,1H3,(H,30,34)(H,32,33)/t16-,23-/m1/s1. The molecule has 1 saturated heterocycles. The minimum absolute atomic E-state index is 0.105. The molecule has 2 aromatic rings. The van der Waals surface area contributed by atoms with Gasteiger partial charge in [0.05, 0.1) is 11.6 Å². The van der Waals surface area contributed by atoms with Crippen molar-refractivity contribution in [2.24, 2.45) is 5.92 Å². The molecule has 1 fully saturated rings. The van der Waals surface area contributed by atoms with Crippen LogP contribution in [0.1, 0.15) is 43.2 Å². The van der Waals surface area contributed by atoms with Gasteiger partial charge in [0.1, 0.15) is 11.9 Å². The minimum Gasteiger partial charge on any atom is -0.481 e. The van der Waals surface area contributed by atoms with Gasteiger partial charge in [0, 0.05) is 6.42 Å². The number of nitrogens with one attached hydrogen (secondary N) is 1. The number of alkyl halides is 3. The molecule has 2 aromatic carbocycles. The van der Waals surface area contributed by atoms with Crippen LogP contribution in [-0.2, 0) is 16.0 Å². The number of amides is 1. The number of carbonyl (C=O) groups excluding carboxylic acids is 1. The van der Waals surface area contributed by atoms with E-state index in [9.17, 15) is 27.2 Å². The van der Waals surface area contributed by atoms with Gasteiger partial charge in [-0.05, 0) is 61.5 Å². The van der Waals surface area contributed by atoms with Crippen LogP contribution in [0, 0.1) is 11.7 Å². The molecule has 2 atom stereocenters. The zero-order valence-electron chi connectivity index (χ0n) is 18.8. The van der Waals surface area contributed by atoms with Crippen LogP contribution in [0.25, 0.3) is 0 Å². The third-order valence-corrected chi connectivity index (χ3v) is 6.37. The summed E-state index contributed by atoms with van der Waals surface area (Å²) in [5.74, 6) is -4.52. The van der Waals surface area contributed by atoms with Crippen LogP contribution in [-0.4, -0.2) is 47.2 Å². The van der Waals surface area contributed by atoms with Gasteiger partial charge >= 0.3 is 12.1 Å². The molecule has 0 unspecified atom stereocenters. The van der Waals surface area contributed by atoms with Crippen molar-refractivity contribution < 1.29 is 32.3 Å². The Morgan fingerprint density at radius 2 is 1.76 bits per heavy atom. The van der Waals surface area contributed by atoms with Gasteiger partial charge < -0.3 is 10.4 Å². The number of anilines is 1. The Hall–Kier alpha value is -2.94. The van der Waals surface area contributed by atoms with Crippen molar-refractivity contribution in [1.82, 2.24) is 4.90 Å². The summed E-state index contributed by atoms with van der Waals surface area (Å²) in [4.78, 5) is 25.4. The van der Waals surface area contributed by atoms with Crippen LogP contribution >= 0.6 is 0 Å². The molecular weight excluding hydrogens is 452 g/mol. The second-order valence-corrected chi connectivity index (χ2v) is 8.69. The molecule has 0 saturated carbocycles. The Morgan fingerprint density at radius 1 is 1.12 bits per heavy atom. The van der Waals surface area contributed by atoms with Crippen LogP contribution in [0.15, 0.2) is 48.5 Å². The van der Waals surface area contributed by atoms with Gasteiger partial charge in [-0.1, -0.05) is 43.3 Å². The predicted molar refractivity (Wildman–Crippen MR) is 120 cm³/mol. The Bertz CT molecular complexity index is 989. The van der Waals surface area contributed by atoms with Gasteiger partial charge in [0.15, 0.2) is 0 Å². The Kier molecular flexibility index (Phi) is 8.30. The molecule has 0 bridgehead atoms. The van der Waals surface area contributed by atoms with E-state index >= 15 is 0 Å². The highest BCUT2D eigenvalue weighted by molar-refractivity contribution is 5.95. The van der Waals surface area contributed by atoms with Gasteiger partial charge in [-0.25, -0.2) is 4.39 Å². The van der Waals surface area contributed by atoms with Crippen molar-refractivity contribution >= 4 is 17.6 Å². The number of rotatable bonds is 8. The number of aliphatic carboxylic acids is 1. The van der Waals surface area contributed by atoms with E-state index < -0.39 is 35.8 Å². The number of piperidine rings is 1. The second kappa shape index (κ2) is 11.0. The zero-order chi connectivity index (χ0) is 24.9. The highest BCUT2D eigenvalue weighted by Gasteiger charge is 2.47. The van der Waals surface area contributed by atoms with Crippen LogP contribution in [0.5, 0.6) is 0 Å². The van der Waals surface area contributed by atoms with Gasteiger partial charge in [0.25, 0.3) is 0 Å². The Labute approximate surface area is 195 Å². The molecule has 0 spiro atoms. The second-order valence-electron chi connectivity index (χ2n) is 8.69. The topological polar surface area (TPSA) is 69.6 Å². The van der Waals surface area contributed by atoms with Gasteiger partial charge in [0.2, 0.25) is 5.91 Å². The smallest absolute Gasteiger partial charge is 0.393 e. The first-order valence-electron chi connectivity index (χ1n) is 11.2. The van der Waals surface area contributed by atoms with Gasteiger partial charge in [-0.2, -0.15) is 13.2 Å². The van der Waals surface area contributed by atoms with Crippen molar-refractivity contribution in [2.45, 2.75) is 50.7 Å². The van der Waals surface area contributed by atoms with Crippen molar-refractivity contribution in [3.05, 3.63) is 65.5 Å². The number of nitrogens with zero attached hydrogens (tertiary/aromatic N) is 1. The average molecular weight is 481 g/mol. The highest BCUT2D eigenvalue weighted by Crippen LogP contribution is 2.35. The molecule has 0 aromatic heterocycles. The fraction of sp³-hybridized carbons (Fsp3) is 0.440. The maximum atomic E-state index is 14.3. The molecule has 9 heteroatoms. The lowest BCUT2D eigenvalue weighted by Gasteiger charge is -2.39. The van der Waals surface area contributed by atoms with Gasteiger partial charge in [-0.15, -0.1) is 0 Å². The molecule has 3 rings (SSSR count).